The molecule has 10 heteroatoms. The Morgan fingerprint density at radius 3 is 2.43 bits per heavy atom. The third kappa shape index (κ3) is 4.20. The van der Waals surface area contributed by atoms with Crippen LogP contribution in [0.15, 0.2) is 59.5 Å². The van der Waals surface area contributed by atoms with Crippen molar-refractivity contribution in [1.29, 1.82) is 0 Å². The van der Waals surface area contributed by atoms with Crippen LogP contribution in [0.25, 0.3) is 0 Å². The van der Waals surface area contributed by atoms with Crippen LogP contribution < -0.4 is 5.32 Å². The first-order chi connectivity index (χ1) is 14.5. The Morgan fingerprint density at radius 2 is 1.83 bits per heavy atom. The van der Waals surface area contributed by atoms with E-state index in [1.807, 2.05) is 0 Å². The monoisotopic (exact) mass is 434 g/mol. The molecule has 0 radical (unpaired) electrons. The number of dihydropyridines is 1. The minimum absolute atomic E-state index is 0.0112. The van der Waals surface area contributed by atoms with Crippen LogP contribution in [0.2, 0.25) is 5.02 Å². The van der Waals surface area contributed by atoms with E-state index < -0.39 is 24.5 Å². The Hall–Kier alpha value is -3.20. The summed E-state index contributed by atoms with van der Waals surface area (Å²) >= 11 is 6.41. The first kappa shape index (κ1) is 21.5. The van der Waals surface area contributed by atoms with Gasteiger partial charge in [0, 0.05) is 10.7 Å². The highest BCUT2D eigenvalue weighted by atomic mass is 35.5. The van der Waals surface area contributed by atoms with Crippen molar-refractivity contribution in [2.45, 2.75) is 19.4 Å². The quantitative estimate of drug-likeness (QED) is 0.669. The number of allylic oxidation sites excluding steroid dienone is 2. The predicted molar refractivity (Wildman–Crippen MR) is 106 cm³/mol. The fourth-order valence-electron chi connectivity index (χ4n) is 3.35. The maximum atomic E-state index is 14.0. The number of carbonyl (C=O) groups excluding carboxylic acids is 2. The van der Waals surface area contributed by atoms with Gasteiger partial charge in [-0.25, -0.2) is 14.0 Å². The average molecular weight is 435 g/mol. The molecule has 2 heterocycles. The van der Waals surface area contributed by atoms with Crippen LogP contribution in [-0.2, 0) is 25.6 Å². The van der Waals surface area contributed by atoms with Crippen molar-refractivity contribution in [3.63, 3.8) is 0 Å². The normalized spacial score (nSPS) is 16.3. The standard InChI is InChI=1S/C20H20ClFN4O4/c1-3-30-20(28)18-15(9-26-10-23-24-11-26)25-14(8-22)17(19(27)29-2)16(18)12-6-4-5-7-13(12)21/h4-7,10-11,16,25H,3,8-9H2,1-2H3. The molecule has 3 rings (SSSR count). The topological polar surface area (TPSA) is 95.3 Å². The minimum atomic E-state index is -0.983. The number of hydrogen-bond donors (Lipinski definition) is 1. The summed E-state index contributed by atoms with van der Waals surface area (Å²) in [6.45, 7) is 0.931. The molecule has 1 aliphatic heterocycles. The van der Waals surface area contributed by atoms with Crippen LogP contribution in [0.5, 0.6) is 0 Å². The molecule has 1 unspecified atom stereocenters. The van der Waals surface area contributed by atoms with E-state index in [0.717, 1.165) is 0 Å². The van der Waals surface area contributed by atoms with Crippen molar-refractivity contribution in [2.24, 2.45) is 0 Å². The lowest BCUT2D eigenvalue weighted by Gasteiger charge is -2.32. The molecule has 2 aromatic rings. The van der Waals surface area contributed by atoms with Crippen molar-refractivity contribution >= 4 is 23.5 Å². The van der Waals surface area contributed by atoms with Gasteiger partial charge in [0.1, 0.15) is 19.3 Å². The lowest BCUT2D eigenvalue weighted by atomic mass is 9.80. The average Bonchev–Trinajstić information content (AvgIpc) is 3.26. The van der Waals surface area contributed by atoms with Crippen LogP contribution in [0.3, 0.4) is 0 Å². The molecule has 0 saturated carbocycles. The third-order valence-electron chi connectivity index (χ3n) is 4.59. The van der Waals surface area contributed by atoms with Crippen LogP contribution in [0.4, 0.5) is 4.39 Å². The Labute approximate surface area is 177 Å². The molecule has 0 saturated heterocycles. The molecule has 0 bridgehead atoms. The minimum Gasteiger partial charge on any atom is -0.466 e. The first-order valence-corrected chi connectivity index (χ1v) is 9.50. The van der Waals surface area contributed by atoms with E-state index in [1.54, 1.807) is 35.8 Å². The first-order valence-electron chi connectivity index (χ1n) is 9.13. The number of halogens is 2. The summed E-state index contributed by atoms with van der Waals surface area (Å²) in [7, 11) is 1.19. The second-order valence-electron chi connectivity index (χ2n) is 6.34. The molecule has 1 atom stereocenters. The number of carbonyl (C=O) groups is 2. The Balaban J connectivity index is 2.27. The molecule has 0 amide bonds. The van der Waals surface area contributed by atoms with Gasteiger partial charge in [-0.05, 0) is 18.6 Å². The maximum Gasteiger partial charge on any atom is 0.336 e. The van der Waals surface area contributed by atoms with Gasteiger partial charge >= 0.3 is 11.9 Å². The number of methoxy groups -OCH3 is 1. The van der Waals surface area contributed by atoms with E-state index in [2.05, 4.69) is 15.5 Å². The smallest absolute Gasteiger partial charge is 0.336 e. The van der Waals surface area contributed by atoms with Gasteiger partial charge in [0.15, 0.2) is 0 Å². The molecule has 1 aromatic heterocycles. The van der Waals surface area contributed by atoms with Crippen LogP contribution in [-0.4, -0.2) is 47.1 Å². The number of nitrogens with zero attached hydrogens (tertiary/aromatic N) is 3. The third-order valence-corrected chi connectivity index (χ3v) is 4.93. The van der Waals surface area contributed by atoms with Crippen LogP contribution in [0, 0.1) is 0 Å². The second-order valence-corrected chi connectivity index (χ2v) is 6.75. The fourth-order valence-corrected chi connectivity index (χ4v) is 3.59. The van der Waals surface area contributed by atoms with Gasteiger partial charge in [-0.2, -0.15) is 0 Å². The van der Waals surface area contributed by atoms with Crippen molar-refractivity contribution in [3.8, 4) is 0 Å². The van der Waals surface area contributed by atoms with E-state index in [4.69, 9.17) is 21.1 Å². The summed E-state index contributed by atoms with van der Waals surface area (Å²) in [6, 6.07) is 6.74. The summed E-state index contributed by atoms with van der Waals surface area (Å²) in [6.07, 6.45) is 2.91. The lowest BCUT2D eigenvalue weighted by Crippen LogP contribution is -2.36. The summed E-state index contributed by atoms with van der Waals surface area (Å²) in [5.74, 6) is -2.41. The van der Waals surface area contributed by atoms with Gasteiger partial charge in [0.2, 0.25) is 0 Å². The number of esters is 2. The zero-order chi connectivity index (χ0) is 21.7. The van der Waals surface area contributed by atoms with E-state index >= 15 is 0 Å². The van der Waals surface area contributed by atoms with Crippen molar-refractivity contribution in [2.75, 3.05) is 20.4 Å². The predicted octanol–water partition coefficient (Wildman–Crippen LogP) is 2.53. The number of benzene rings is 1. The molecule has 1 N–H and O–H groups in total. The molecule has 158 valence electrons. The molecule has 1 aromatic carbocycles. The molecule has 0 aliphatic carbocycles. The zero-order valence-corrected chi connectivity index (χ0v) is 17.1. The molecule has 8 nitrogen and oxygen atoms in total. The molecular formula is C20H20ClFN4O4. The summed E-state index contributed by atoms with van der Waals surface area (Å²) in [5, 5.41) is 10.7. The molecule has 0 fully saturated rings. The number of aromatic nitrogens is 3. The van der Waals surface area contributed by atoms with Crippen LogP contribution >= 0.6 is 11.6 Å². The van der Waals surface area contributed by atoms with Gasteiger partial charge in [-0.1, -0.05) is 29.8 Å². The zero-order valence-electron chi connectivity index (χ0n) is 16.4. The van der Waals surface area contributed by atoms with Gasteiger partial charge < -0.3 is 19.4 Å². The SMILES string of the molecule is CCOC(=O)C1=C(Cn2cnnc2)NC(CF)=C(C(=O)OC)C1c1ccccc1Cl. The highest BCUT2D eigenvalue weighted by Crippen LogP contribution is 2.42. The van der Waals surface area contributed by atoms with Gasteiger partial charge in [0.25, 0.3) is 0 Å². The number of ether oxygens (including phenoxy) is 2. The lowest BCUT2D eigenvalue weighted by molar-refractivity contribution is -0.139. The number of rotatable bonds is 7. The number of alkyl halides is 1. The molecule has 0 spiro atoms. The fraction of sp³-hybridized carbons (Fsp3) is 0.300. The van der Waals surface area contributed by atoms with E-state index in [-0.39, 0.29) is 30.0 Å². The summed E-state index contributed by atoms with van der Waals surface area (Å²) < 4.78 is 25.8. The van der Waals surface area contributed by atoms with Gasteiger partial charge in [-0.15, -0.1) is 10.2 Å². The van der Waals surface area contributed by atoms with Crippen LogP contribution in [0.1, 0.15) is 18.4 Å². The molecule has 1 aliphatic rings. The van der Waals surface area contributed by atoms with Gasteiger partial charge in [-0.3, -0.25) is 0 Å². The van der Waals surface area contributed by atoms with E-state index in [0.29, 0.717) is 16.3 Å². The van der Waals surface area contributed by atoms with Crippen molar-refractivity contribution < 1.29 is 23.5 Å². The molecular weight excluding hydrogens is 415 g/mol. The Kier molecular flexibility index (Phi) is 6.83. The number of hydrogen-bond acceptors (Lipinski definition) is 7. The van der Waals surface area contributed by atoms with E-state index in [9.17, 15) is 14.0 Å². The summed E-state index contributed by atoms with van der Waals surface area (Å²) in [4.78, 5) is 25.7. The van der Waals surface area contributed by atoms with E-state index in [1.165, 1.54) is 19.8 Å². The largest absolute Gasteiger partial charge is 0.466 e. The highest BCUT2D eigenvalue weighted by Gasteiger charge is 2.40. The van der Waals surface area contributed by atoms with Crippen molar-refractivity contribution in [3.05, 3.63) is 70.0 Å². The molecule has 30 heavy (non-hydrogen) atoms. The summed E-state index contributed by atoms with van der Waals surface area (Å²) in [5.41, 5.74) is 0.887. The maximum absolute atomic E-state index is 14.0. The van der Waals surface area contributed by atoms with Gasteiger partial charge in [0.05, 0.1) is 43.0 Å². The Bertz CT molecular complexity index is 1000. The Morgan fingerprint density at radius 1 is 1.17 bits per heavy atom. The number of nitrogens with one attached hydrogen (secondary N) is 1. The van der Waals surface area contributed by atoms with Crippen molar-refractivity contribution in [1.82, 2.24) is 20.1 Å². The second kappa shape index (κ2) is 9.53. The highest BCUT2D eigenvalue weighted by molar-refractivity contribution is 6.31.